The standard InChI is InChI=1S/C31H68N4O.3CH4O4S/c1-9-10-11-12-13-14-15-16-17-18-19-20-21-22-23-24-31(36)32-25-26-34(5,6)29-30-35(7,8)28-27-33(2,3)4;3*1-5-6(2,3)4/h9-30H2,1-8H3;3*1H3,(H,2,3,4)/q+2;;;/p-2. The number of rotatable bonds is 28. The fourth-order valence-electron chi connectivity index (χ4n) is 4.51. The van der Waals surface area contributed by atoms with E-state index in [9.17, 15) is 39.5 Å². The molecule has 0 bridgehead atoms. The van der Waals surface area contributed by atoms with E-state index in [0.29, 0.717) is 13.0 Å². The van der Waals surface area contributed by atoms with Gasteiger partial charge in [-0.05, 0) is 18.7 Å². The first kappa shape index (κ1) is 59.6. The minimum Gasteiger partial charge on any atom is -0.862 e. The Morgan fingerprint density at radius 2 is 0.815 bits per heavy atom. The number of unbranched alkanes of at least 4 members (excludes halogenated alkanes) is 14. The lowest BCUT2D eigenvalue weighted by Crippen LogP contribution is -2.54. The first-order valence-electron chi connectivity index (χ1n) is 18.8. The van der Waals surface area contributed by atoms with Gasteiger partial charge in [0.1, 0.15) is 26.2 Å². The molecule has 0 heterocycles. The molecule has 1 N–H and O–H groups in total. The van der Waals surface area contributed by atoms with Crippen molar-refractivity contribution in [3.8, 4) is 0 Å². The molecule has 54 heavy (non-hydrogen) atoms. The molecule has 0 aliphatic heterocycles. The maximum absolute atomic E-state index is 12.2. The van der Waals surface area contributed by atoms with E-state index in [1.807, 2.05) is 0 Å². The minimum atomic E-state index is -4.41. The van der Waals surface area contributed by atoms with Gasteiger partial charge < -0.3 is 27.7 Å². The van der Waals surface area contributed by atoms with E-state index in [0.717, 1.165) is 60.8 Å². The molecule has 0 aliphatic carbocycles. The Bertz CT molecular complexity index is 1160. The highest BCUT2D eigenvalue weighted by Gasteiger charge is 2.24. The van der Waals surface area contributed by atoms with Gasteiger partial charge in [0.2, 0.25) is 20.8 Å². The number of hydrogen-bond donors (Lipinski definition) is 1. The molecule has 17 nitrogen and oxygen atoms in total. The van der Waals surface area contributed by atoms with Gasteiger partial charge in [-0.2, -0.15) is 8.42 Å². The quantitative estimate of drug-likeness (QED) is 0.0297. The van der Waals surface area contributed by atoms with Crippen molar-refractivity contribution in [2.45, 2.75) is 110 Å². The Morgan fingerprint density at radius 1 is 0.537 bits per heavy atom. The number of likely N-dealkylation sites (N-methyl/N-ethyl adjacent to an activating group) is 3. The third kappa shape index (κ3) is 60.2. The maximum Gasteiger partial charge on any atom is 0.397 e. The van der Waals surface area contributed by atoms with Crippen LogP contribution < -0.4 is 5.11 Å². The van der Waals surface area contributed by atoms with E-state index >= 15 is 0 Å². The molecule has 0 saturated carbocycles. The summed E-state index contributed by atoms with van der Waals surface area (Å²) in [4.78, 5) is 4.36. The van der Waals surface area contributed by atoms with Crippen molar-refractivity contribution in [1.82, 2.24) is 0 Å². The maximum atomic E-state index is 12.2. The highest BCUT2D eigenvalue weighted by molar-refractivity contribution is 7.81. The molecule has 0 aromatic carbocycles. The monoisotopic (exact) mass is 846 g/mol. The van der Waals surface area contributed by atoms with Gasteiger partial charge in [-0.15, -0.1) is 0 Å². The van der Waals surface area contributed by atoms with Crippen LogP contribution in [0.2, 0.25) is 0 Å². The van der Waals surface area contributed by atoms with E-state index in [2.05, 4.69) is 73.8 Å². The van der Waals surface area contributed by atoms with Gasteiger partial charge in [-0.1, -0.05) is 96.8 Å². The Kier molecular flexibility index (Phi) is 36.4. The predicted octanol–water partition coefficient (Wildman–Crippen LogP) is 3.49. The Labute approximate surface area is 330 Å². The van der Waals surface area contributed by atoms with Crippen LogP contribution in [0.3, 0.4) is 0 Å². The lowest BCUT2D eigenvalue weighted by atomic mass is 10.0. The van der Waals surface area contributed by atoms with Crippen molar-refractivity contribution in [2.24, 2.45) is 4.99 Å². The zero-order valence-corrected chi connectivity index (χ0v) is 37.9. The summed E-state index contributed by atoms with van der Waals surface area (Å²) in [6.45, 7) is 8.54. The molecule has 0 aromatic heterocycles. The molecular weight excluding hydrogens is 769 g/mol. The van der Waals surface area contributed by atoms with E-state index < -0.39 is 31.2 Å². The van der Waals surface area contributed by atoms with Crippen LogP contribution in [-0.2, 0) is 43.7 Å². The summed E-state index contributed by atoms with van der Waals surface area (Å²) >= 11 is 0. The summed E-state index contributed by atoms with van der Waals surface area (Å²) in [5.74, 6) is 0.115. The zero-order valence-electron chi connectivity index (χ0n) is 35.4. The van der Waals surface area contributed by atoms with Crippen molar-refractivity contribution < 1.29 is 70.0 Å². The molecule has 0 rings (SSSR count). The van der Waals surface area contributed by atoms with Crippen LogP contribution in [0.4, 0.5) is 0 Å². The van der Waals surface area contributed by atoms with E-state index in [4.69, 9.17) is 4.55 Å². The Morgan fingerprint density at radius 3 is 1.09 bits per heavy atom. The lowest BCUT2D eigenvalue weighted by molar-refractivity contribution is -0.963. The number of aliphatic imine (C=N–C) groups is 1. The molecule has 0 spiro atoms. The van der Waals surface area contributed by atoms with Gasteiger partial charge in [0, 0.05) is 0 Å². The molecule has 0 radical (unpaired) electrons. The van der Waals surface area contributed by atoms with Gasteiger partial charge in [-0.25, -0.2) is 16.8 Å². The van der Waals surface area contributed by atoms with Crippen LogP contribution in [0.1, 0.15) is 110 Å². The topological polar surface area (TPSA) is 232 Å². The Hall–Kier alpha value is -1.04. The third-order valence-electron chi connectivity index (χ3n) is 8.29. The molecule has 0 aliphatic rings. The highest BCUT2D eigenvalue weighted by Crippen LogP contribution is 2.14. The molecule has 0 aromatic rings. The van der Waals surface area contributed by atoms with Crippen molar-refractivity contribution in [3.05, 3.63) is 0 Å². The van der Waals surface area contributed by atoms with Crippen molar-refractivity contribution in [1.29, 1.82) is 0 Å². The normalized spacial score (nSPS) is 12.9. The summed E-state index contributed by atoms with van der Waals surface area (Å²) in [5.41, 5.74) is 0. The predicted molar refractivity (Wildman–Crippen MR) is 210 cm³/mol. The Balaban J connectivity index is -0.000000564. The molecule has 0 saturated heterocycles. The van der Waals surface area contributed by atoms with Crippen LogP contribution in [0.25, 0.3) is 0 Å². The largest absolute Gasteiger partial charge is 0.862 e. The third-order valence-corrected chi connectivity index (χ3v) is 9.53. The molecule has 0 unspecified atom stereocenters. The van der Waals surface area contributed by atoms with Gasteiger partial charge in [0.25, 0.3) is 0 Å². The van der Waals surface area contributed by atoms with Crippen molar-refractivity contribution in [3.63, 3.8) is 0 Å². The molecule has 330 valence electrons. The van der Waals surface area contributed by atoms with Gasteiger partial charge >= 0.3 is 10.4 Å². The second-order valence-electron chi connectivity index (χ2n) is 15.5. The summed E-state index contributed by atoms with van der Waals surface area (Å²) in [7, 11) is 5.50. The van der Waals surface area contributed by atoms with Crippen LogP contribution in [0.15, 0.2) is 4.99 Å². The summed E-state index contributed by atoms with van der Waals surface area (Å²) in [6, 6.07) is 0. The second-order valence-corrected chi connectivity index (χ2v) is 19.0. The smallest absolute Gasteiger partial charge is 0.397 e. The fourth-order valence-corrected chi connectivity index (χ4v) is 4.51. The molecular formula is C34H78N4O13S3. The average Bonchev–Trinajstić information content (AvgIpc) is 3.04. The zero-order chi connectivity index (χ0) is 43.0. The number of hydrogen-bond acceptors (Lipinski definition) is 13. The number of nitrogens with zero attached hydrogens (tertiary/aromatic N) is 4. The van der Waals surface area contributed by atoms with E-state index in [1.165, 1.54) is 103 Å². The van der Waals surface area contributed by atoms with Crippen LogP contribution in [0.5, 0.6) is 0 Å². The molecule has 20 heteroatoms. The molecule has 0 atom stereocenters. The first-order valence-corrected chi connectivity index (χ1v) is 22.8. The van der Waals surface area contributed by atoms with Gasteiger partial charge in [-0.3, -0.25) is 22.1 Å². The second kappa shape index (κ2) is 33.0. The van der Waals surface area contributed by atoms with Crippen LogP contribution in [0, 0.1) is 0 Å². The summed E-state index contributed by atoms with van der Waals surface area (Å²) in [6.07, 6.45) is 21.0. The average molecular weight is 847 g/mol. The lowest BCUT2D eigenvalue weighted by Gasteiger charge is -2.37. The first-order chi connectivity index (χ1) is 24.6. The summed E-state index contributed by atoms with van der Waals surface area (Å²) in [5, 5.41) is 12.2. The van der Waals surface area contributed by atoms with Gasteiger partial charge in [0.15, 0.2) is 0 Å². The highest BCUT2D eigenvalue weighted by atomic mass is 32.3. The van der Waals surface area contributed by atoms with E-state index in [1.54, 1.807) is 0 Å². The van der Waals surface area contributed by atoms with Gasteiger partial charge in [0.05, 0.1) is 83.8 Å². The van der Waals surface area contributed by atoms with E-state index in [-0.39, 0.29) is 5.90 Å². The SMILES string of the molecule is CCCCCCCCCCCCCCCCCC([O-])=NCC[N+](C)(C)CC[N+](C)(C)CC[N+](C)(C)C.COS(=O)(=O)O.COS(=O)(=O)[O-].COS(=O)(=O)[O-]. The fraction of sp³-hybridized carbons (Fsp3) is 0.971. The minimum absolute atomic E-state index is 0.115. The van der Waals surface area contributed by atoms with Crippen molar-refractivity contribution in [2.75, 3.05) is 110 Å². The number of quaternary nitrogens is 3. The molecule has 0 fully saturated rings. The molecule has 0 amide bonds. The van der Waals surface area contributed by atoms with Crippen LogP contribution in [-0.4, -0.2) is 168 Å². The summed E-state index contributed by atoms with van der Waals surface area (Å²) < 4.78 is 94.7. The van der Waals surface area contributed by atoms with Crippen LogP contribution >= 0.6 is 0 Å². The van der Waals surface area contributed by atoms with Crippen molar-refractivity contribution >= 4 is 37.1 Å².